The first-order valence-corrected chi connectivity index (χ1v) is 8.74. The van der Waals surface area contributed by atoms with Gasteiger partial charge in [-0.05, 0) is 23.8 Å². The fraction of sp³-hybridized carbons (Fsp3) is 0.150. The summed E-state index contributed by atoms with van der Waals surface area (Å²) in [7, 11) is 4.30. The molecule has 1 aliphatic rings. The lowest BCUT2D eigenvalue weighted by atomic mass is 10.1. The van der Waals surface area contributed by atoms with Crippen LogP contribution >= 0.6 is 11.6 Å². The van der Waals surface area contributed by atoms with E-state index in [1.165, 1.54) is 39.5 Å². The first-order chi connectivity index (χ1) is 13.9. The highest BCUT2D eigenvalue weighted by Gasteiger charge is 2.38. The molecule has 8 nitrogen and oxygen atoms in total. The smallest absolute Gasteiger partial charge is 0.336 e. The minimum atomic E-state index is -0.908. The number of benzene rings is 2. The lowest BCUT2D eigenvalue weighted by Crippen LogP contribution is -2.54. The highest BCUT2D eigenvalue weighted by molar-refractivity contribution is 6.39. The van der Waals surface area contributed by atoms with Gasteiger partial charge in [0.05, 0.1) is 32.0 Å². The van der Waals surface area contributed by atoms with Crippen molar-refractivity contribution < 1.29 is 28.6 Å². The molecule has 0 bridgehead atoms. The lowest BCUT2D eigenvalue weighted by molar-refractivity contribution is -0.122. The normalized spacial score (nSPS) is 15.4. The lowest BCUT2D eigenvalue weighted by Gasteiger charge is -2.28. The van der Waals surface area contributed by atoms with Gasteiger partial charge in [0.1, 0.15) is 22.8 Å². The van der Waals surface area contributed by atoms with Crippen molar-refractivity contribution in [2.45, 2.75) is 0 Å². The molecule has 0 spiro atoms. The van der Waals surface area contributed by atoms with Crippen molar-refractivity contribution in [1.82, 2.24) is 5.32 Å². The molecular formula is C20H17ClN2O6. The number of carbonyl (C=O) groups is 3. The molecule has 9 heteroatoms. The Hall–Kier alpha value is -3.52. The van der Waals surface area contributed by atoms with E-state index in [2.05, 4.69) is 5.32 Å². The van der Waals surface area contributed by atoms with Gasteiger partial charge in [-0.25, -0.2) is 9.69 Å². The number of nitrogens with zero attached hydrogens (tertiary/aromatic N) is 1. The maximum atomic E-state index is 13.0. The number of carbonyl (C=O) groups excluding carboxylic acids is 3. The highest BCUT2D eigenvalue weighted by Crippen LogP contribution is 2.39. The number of rotatable bonds is 5. The van der Waals surface area contributed by atoms with E-state index in [1.54, 1.807) is 24.3 Å². The Morgan fingerprint density at radius 3 is 2.17 bits per heavy atom. The van der Waals surface area contributed by atoms with Crippen LogP contribution in [0.15, 0.2) is 42.0 Å². The fourth-order valence-corrected chi connectivity index (χ4v) is 2.99. The number of ether oxygens (including phenoxy) is 3. The summed E-state index contributed by atoms with van der Waals surface area (Å²) in [6, 6.07) is 8.63. The SMILES string of the molecule is COc1ccc(/C=C2\C(=O)NC(=O)N(c3cc(OC)c(Cl)cc3OC)C2=O)cc1. The number of hydrogen-bond donors (Lipinski definition) is 1. The van der Waals surface area contributed by atoms with E-state index in [1.807, 2.05) is 0 Å². The van der Waals surface area contributed by atoms with Gasteiger partial charge < -0.3 is 14.2 Å². The summed E-state index contributed by atoms with van der Waals surface area (Å²) in [4.78, 5) is 38.6. The number of urea groups is 1. The quantitative estimate of drug-likeness (QED) is 0.594. The Labute approximate surface area is 171 Å². The Bertz CT molecular complexity index is 1020. The summed E-state index contributed by atoms with van der Waals surface area (Å²) in [5.41, 5.74) is 0.453. The highest BCUT2D eigenvalue weighted by atomic mass is 35.5. The van der Waals surface area contributed by atoms with Crippen LogP contribution in [0, 0.1) is 0 Å². The van der Waals surface area contributed by atoms with Gasteiger partial charge in [-0.15, -0.1) is 0 Å². The number of barbiturate groups is 1. The van der Waals surface area contributed by atoms with Crippen LogP contribution in [0.4, 0.5) is 10.5 Å². The standard InChI is InChI=1S/C20H17ClN2O6/c1-27-12-6-4-11(5-7-12)8-13-18(24)22-20(26)23(19(13)25)15-10-16(28-2)14(21)9-17(15)29-3/h4-10H,1-3H3,(H,22,24,26)/b13-8+. The zero-order valence-electron chi connectivity index (χ0n) is 15.8. The van der Waals surface area contributed by atoms with Crippen LogP contribution in [0.3, 0.4) is 0 Å². The van der Waals surface area contributed by atoms with Crippen LogP contribution in [0.5, 0.6) is 17.2 Å². The van der Waals surface area contributed by atoms with Crippen molar-refractivity contribution >= 4 is 41.2 Å². The van der Waals surface area contributed by atoms with Crippen molar-refractivity contribution in [3.63, 3.8) is 0 Å². The number of anilines is 1. The Kier molecular flexibility index (Phi) is 5.74. The summed E-state index contributed by atoms with van der Waals surface area (Å²) in [5, 5.41) is 2.40. The zero-order chi connectivity index (χ0) is 21.1. The van der Waals surface area contributed by atoms with Crippen LogP contribution in [0.25, 0.3) is 6.08 Å². The minimum Gasteiger partial charge on any atom is -0.497 e. The molecule has 1 fully saturated rings. The molecule has 1 saturated heterocycles. The van der Waals surface area contributed by atoms with Crippen molar-refractivity contribution in [3.05, 3.63) is 52.6 Å². The van der Waals surface area contributed by atoms with Crippen LogP contribution in [-0.2, 0) is 9.59 Å². The van der Waals surface area contributed by atoms with E-state index in [4.69, 9.17) is 25.8 Å². The van der Waals surface area contributed by atoms with E-state index < -0.39 is 17.8 Å². The van der Waals surface area contributed by atoms with Gasteiger partial charge in [-0.1, -0.05) is 23.7 Å². The van der Waals surface area contributed by atoms with Gasteiger partial charge in [0.25, 0.3) is 11.8 Å². The molecular weight excluding hydrogens is 400 g/mol. The largest absolute Gasteiger partial charge is 0.497 e. The third kappa shape index (κ3) is 3.88. The van der Waals surface area contributed by atoms with E-state index >= 15 is 0 Å². The Morgan fingerprint density at radius 2 is 1.59 bits per heavy atom. The molecule has 2 aromatic rings. The average molecular weight is 417 g/mol. The van der Waals surface area contributed by atoms with Crippen molar-refractivity contribution in [3.8, 4) is 17.2 Å². The minimum absolute atomic E-state index is 0.0874. The van der Waals surface area contributed by atoms with E-state index in [-0.39, 0.29) is 27.8 Å². The second kappa shape index (κ2) is 8.24. The molecule has 0 aliphatic carbocycles. The number of hydrogen-bond acceptors (Lipinski definition) is 6. The second-order valence-corrected chi connectivity index (χ2v) is 6.30. The van der Waals surface area contributed by atoms with Gasteiger partial charge in [0.15, 0.2) is 0 Å². The predicted molar refractivity (Wildman–Crippen MR) is 107 cm³/mol. The number of methoxy groups -OCH3 is 3. The molecule has 0 aromatic heterocycles. The molecule has 3 rings (SSSR count). The molecule has 0 saturated carbocycles. The molecule has 1 heterocycles. The average Bonchev–Trinajstić information content (AvgIpc) is 2.72. The summed E-state index contributed by atoms with van der Waals surface area (Å²) in [5.74, 6) is -0.580. The van der Waals surface area contributed by atoms with Gasteiger partial charge in [0.2, 0.25) is 0 Å². The van der Waals surface area contributed by atoms with E-state index in [9.17, 15) is 14.4 Å². The fourth-order valence-electron chi connectivity index (χ4n) is 2.76. The van der Waals surface area contributed by atoms with Crippen LogP contribution in [0.2, 0.25) is 5.02 Å². The third-order valence-corrected chi connectivity index (χ3v) is 4.52. The maximum absolute atomic E-state index is 13.0. The third-order valence-electron chi connectivity index (χ3n) is 4.22. The number of halogens is 1. The molecule has 150 valence electrons. The molecule has 1 aliphatic heterocycles. The van der Waals surface area contributed by atoms with Crippen molar-refractivity contribution in [1.29, 1.82) is 0 Å². The van der Waals surface area contributed by atoms with Gasteiger partial charge in [-0.3, -0.25) is 14.9 Å². The number of nitrogens with one attached hydrogen (secondary N) is 1. The number of amides is 4. The molecule has 1 N–H and O–H groups in total. The molecule has 29 heavy (non-hydrogen) atoms. The van der Waals surface area contributed by atoms with Crippen LogP contribution in [0.1, 0.15) is 5.56 Å². The summed E-state index contributed by atoms with van der Waals surface area (Å²) in [6.45, 7) is 0. The van der Waals surface area contributed by atoms with Crippen molar-refractivity contribution in [2.24, 2.45) is 0 Å². The molecule has 4 amide bonds. The summed E-state index contributed by atoms with van der Waals surface area (Å²) >= 11 is 6.09. The first-order valence-electron chi connectivity index (χ1n) is 8.36. The first kappa shape index (κ1) is 20.2. The van der Waals surface area contributed by atoms with Crippen molar-refractivity contribution in [2.75, 3.05) is 26.2 Å². The molecule has 2 aromatic carbocycles. The topological polar surface area (TPSA) is 94.2 Å². The van der Waals surface area contributed by atoms with Gasteiger partial charge in [-0.2, -0.15) is 0 Å². The molecule has 0 radical (unpaired) electrons. The second-order valence-electron chi connectivity index (χ2n) is 5.89. The predicted octanol–water partition coefficient (Wildman–Crippen LogP) is 3.03. The summed E-state index contributed by atoms with van der Waals surface area (Å²) < 4.78 is 15.5. The van der Waals surface area contributed by atoms with Crippen LogP contribution in [-0.4, -0.2) is 39.2 Å². The monoisotopic (exact) mass is 416 g/mol. The van der Waals surface area contributed by atoms with Gasteiger partial charge >= 0.3 is 6.03 Å². The molecule has 0 atom stereocenters. The zero-order valence-corrected chi connectivity index (χ0v) is 16.6. The Balaban J connectivity index is 2.06. The maximum Gasteiger partial charge on any atom is 0.336 e. The van der Waals surface area contributed by atoms with E-state index in [0.717, 1.165) is 4.90 Å². The summed E-state index contributed by atoms with van der Waals surface area (Å²) in [6.07, 6.45) is 1.39. The van der Waals surface area contributed by atoms with E-state index in [0.29, 0.717) is 11.3 Å². The number of imide groups is 2. The Morgan fingerprint density at radius 1 is 0.931 bits per heavy atom. The molecule has 0 unspecified atom stereocenters. The van der Waals surface area contributed by atoms with Gasteiger partial charge in [0, 0.05) is 12.1 Å². The van der Waals surface area contributed by atoms with Crippen LogP contribution < -0.4 is 24.4 Å².